The minimum Gasteiger partial charge on any atom is -0.550 e. The van der Waals surface area contributed by atoms with Crippen molar-refractivity contribution in [3.63, 3.8) is 0 Å². The number of carboxylic acid groups (broad SMARTS) is 1. The van der Waals surface area contributed by atoms with E-state index in [4.69, 9.17) is 11.6 Å². The summed E-state index contributed by atoms with van der Waals surface area (Å²) in [7, 11) is 3.99. The fourth-order valence-electron chi connectivity index (χ4n) is 2.95. The first-order valence-corrected chi connectivity index (χ1v) is 8.77. The molecule has 0 amide bonds. The highest BCUT2D eigenvalue weighted by atomic mass is 35.5. The Morgan fingerprint density at radius 2 is 1.65 bits per heavy atom. The SMILES string of the molecule is CN(C)c1ccc(-n2c(CCC(=O)[O-])ccc2-c2ccc(Cl)cc2)cc1. The zero-order chi connectivity index (χ0) is 18.7. The maximum absolute atomic E-state index is 10.9. The van der Waals surface area contributed by atoms with E-state index in [0.29, 0.717) is 11.4 Å². The van der Waals surface area contributed by atoms with Gasteiger partial charge in [-0.2, -0.15) is 0 Å². The van der Waals surface area contributed by atoms with Crippen molar-refractivity contribution in [2.75, 3.05) is 19.0 Å². The lowest BCUT2D eigenvalue weighted by atomic mass is 10.1. The smallest absolute Gasteiger partial charge is 0.0531 e. The molecular weight excluding hydrogens is 348 g/mol. The van der Waals surface area contributed by atoms with Gasteiger partial charge in [0.25, 0.3) is 0 Å². The van der Waals surface area contributed by atoms with Gasteiger partial charge in [0.15, 0.2) is 0 Å². The molecule has 5 heteroatoms. The molecular formula is C21H20ClN2O2-. The molecule has 1 heterocycles. The molecule has 26 heavy (non-hydrogen) atoms. The van der Waals surface area contributed by atoms with Gasteiger partial charge < -0.3 is 19.4 Å². The minimum atomic E-state index is -1.05. The van der Waals surface area contributed by atoms with Gasteiger partial charge in [-0.05, 0) is 66.9 Å². The van der Waals surface area contributed by atoms with Gasteiger partial charge in [-0.25, -0.2) is 0 Å². The monoisotopic (exact) mass is 367 g/mol. The van der Waals surface area contributed by atoms with Crippen LogP contribution < -0.4 is 10.0 Å². The molecule has 0 aliphatic rings. The highest BCUT2D eigenvalue weighted by molar-refractivity contribution is 6.30. The first kappa shape index (κ1) is 18.1. The number of carbonyl (C=O) groups excluding carboxylic acids is 1. The Morgan fingerprint density at radius 1 is 1.00 bits per heavy atom. The normalized spacial score (nSPS) is 10.7. The standard InChI is InChI=1S/C21H21ClN2O2/c1-23(2)17-7-9-18(10-8-17)24-19(12-14-21(25)26)11-13-20(24)15-3-5-16(22)6-4-15/h3-11,13H,12,14H2,1-2H3,(H,25,26)/p-1. The molecule has 0 bridgehead atoms. The molecule has 4 nitrogen and oxygen atoms in total. The molecule has 134 valence electrons. The molecule has 0 saturated heterocycles. The third kappa shape index (κ3) is 3.92. The van der Waals surface area contributed by atoms with Gasteiger partial charge in [0.1, 0.15) is 0 Å². The molecule has 0 fully saturated rings. The molecule has 0 saturated carbocycles. The summed E-state index contributed by atoms with van der Waals surface area (Å²) in [6, 6.07) is 19.8. The van der Waals surface area contributed by atoms with Crippen LogP contribution in [0.3, 0.4) is 0 Å². The van der Waals surface area contributed by atoms with Crippen molar-refractivity contribution < 1.29 is 9.90 Å². The van der Waals surface area contributed by atoms with E-state index in [1.807, 2.05) is 79.7 Å². The average Bonchev–Trinajstić information content (AvgIpc) is 3.04. The number of carbonyl (C=O) groups is 1. The van der Waals surface area contributed by atoms with E-state index in [1.165, 1.54) is 0 Å². The number of halogens is 1. The van der Waals surface area contributed by atoms with Gasteiger partial charge >= 0.3 is 0 Å². The number of carboxylic acids is 1. The van der Waals surface area contributed by atoms with Crippen LogP contribution in [0.2, 0.25) is 5.02 Å². The van der Waals surface area contributed by atoms with Crippen LogP contribution >= 0.6 is 11.6 Å². The Bertz CT molecular complexity index is 897. The Kier molecular flexibility index (Phi) is 5.33. The van der Waals surface area contributed by atoms with Gasteiger partial charge in [-0.3, -0.25) is 0 Å². The van der Waals surface area contributed by atoms with Crippen LogP contribution in [0.15, 0.2) is 60.7 Å². The Labute approximate surface area is 158 Å². The third-order valence-corrected chi connectivity index (χ3v) is 4.56. The lowest BCUT2D eigenvalue weighted by molar-refractivity contribution is -0.305. The number of benzene rings is 2. The summed E-state index contributed by atoms with van der Waals surface area (Å²) in [6.07, 6.45) is 0.394. The van der Waals surface area contributed by atoms with Crippen LogP contribution in [0, 0.1) is 0 Å². The van der Waals surface area contributed by atoms with Crippen molar-refractivity contribution in [3.05, 3.63) is 71.4 Å². The molecule has 0 N–H and O–H groups in total. The summed E-state index contributed by atoms with van der Waals surface area (Å²) < 4.78 is 2.09. The summed E-state index contributed by atoms with van der Waals surface area (Å²) >= 11 is 6.01. The highest BCUT2D eigenvalue weighted by Crippen LogP contribution is 2.29. The van der Waals surface area contributed by atoms with Crippen LogP contribution in [-0.2, 0) is 11.2 Å². The van der Waals surface area contributed by atoms with Gasteiger partial charge in [0.05, 0.1) is 5.69 Å². The van der Waals surface area contributed by atoms with E-state index in [2.05, 4.69) is 4.57 Å². The first-order valence-electron chi connectivity index (χ1n) is 8.40. The van der Waals surface area contributed by atoms with Crippen LogP contribution in [0.25, 0.3) is 16.9 Å². The molecule has 0 unspecified atom stereocenters. The zero-order valence-electron chi connectivity index (χ0n) is 14.8. The van der Waals surface area contributed by atoms with Crippen molar-refractivity contribution in [2.24, 2.45) is 0 Å². The van der Waals surface area contributed by atoms with Gasteiger partial charge in [0.2, 0.25) is 0 Å². The predicted molar refractivity (Wildman–Crippen MR) is 104 cm³/mol. The van der Waals surface area contributed by atoms with E-state index in [0.717, 1.165) is 28.3 Å². The molecule has 0 aliphatic carbocycles. The topological polar surface area (TPSA) is 48.3 Å². The molecule has 0 radical (unpaired) electrons. The van der Waals surface area contributed by atoms with Crippen LogP contribution in [0.5, 0.6) is 0 Å². The predicted octanol–water partition coefficient (Wildman–Crippen LogP) is 3.55. The van der Waals surface area contributed by atoms with Crippen molar-refractivity contribution >= 4 is 23.3 Å². The zero-order valence-corrected chi connectivity index (χ0v) is 15.5. The van der Waals surface area contributed by atoms with Gasteiger partial charge in [0, 0.05) is 42.2 Å². The van der Waals surface area contributed by atoms with Crippen molar-refractivity contribution in [2.45, 2.75) is 12.8 Å². The number of hydrogen-bond donors (Lipinski definition) is 0. The van der Waals surface area contributed by atoms with Gasteiger partial charge in [-0.1, -0.05) is 23.7 Å². The largest absolute Gasteiger partial charge is 0.550 e. The fraction of sp³-hybridized carbons (Fsp3) is 0.190. The lowest BCUT2D eigenvalue weighted by Gasteiger charge is -2.17. The maximum Gasteiger partial charge on any atom is 0.0531 e. The second kappa shape index (κ2) is 7.67. The quantitative estimate of drug-likeness (QED) is 0.669. The van der Waals surface area contributed by atoms with E-state index >= 15 is 0 Å². The number of aryl methyl sites for hydroxylation is 1. The molecule has 2 aromatic carbocycles. The van der Waals surface area contributed by atoms with Crippen LogP contribution in [0.1, 0.15) is 12.1 Å². The number of hydrogen-bond acceptors (Lipinski definition) is 3. The Balaban J connectivity index is 2.07. The van der Waals surface area contributed by atoms with E-state index in [-0.39, 0.29) is 6.42 Å². The number of anilines is 1. The Morgan fingerprint density at radius 3 is 2.23 bits per heavy atom. The van der Waals surface area contributed by atoms with Gasteiger partial charge in [-0.15, -0.1) is 0 Å². The third-order valence-electron chi connectivity index (χ3n) is 4.31. The summed E-state index contributed by atoms with van der Waals surface area (Å²) in [6.45, 7) is 0. The van der Waals surface area contributed by atoms with Crippen LogP contribution in [-0.4, -0.2) is 24.6 Å². The molecule has 1 aromatic heterocycles. The van der Waals surface area contributed by atoms with E-state index in [9.17, 15) is 9.90 Å². The van der Waals surface area contributed by atoms with E-state index < -0.39 is 5.97 Å². The second-order valence-corrected chi connectivity index (χ2v) is 6.77. The second-order valence-electron chi connectivity index (χ2n) is 6.34. The van der Waals surface area contributed by atoms with Crippen molar-refractivity contribution in [3.8, 4) is 16.9 Å². The molecule has 0 spiro atoms. The maximum atomic E-state index is 10.9. The number of nitrogens with zero attached hydrogens (tertiary/aromatic N) is 2. The summed E-state index contributed by atoms with van der Waals surface area (Å²) in [5.74, 6) is -1.05. The lowest BCUT2D eigenvalue weighted by Crippen LogP contribution is -2.22. The average molecular weight is 368 g/mol. The van der Waals surface area contributed by atoms with E-state index in [1.54, 1.807) is 0 Å². The number of rotatable bonds is 6. The number of aromatic nitrogens is 1. The first-order chi connectivity index (χ1) is 12.5. The minimum absolute atomic E-state index is 0.0140. The van der Waals surface area contributed by atoms with Crippen LogP contribution in [0.4, 0.5) is 5.69 Å². The molecule has 0 aliphatic heterocycles. The Hall–Kier alpha value is -2.72. The summed E-state index contributed by atoms with van der Waals surface area (Å²) in [5, 5.41) is 11.6. The van der Waals surface area contributed by atoms with Crippen molar-refractivity contribution in [1.29, 1.82) is 0 Å². The molecule has 3 rings (SSSR count). The number of aliphatic carboxylic acids is 1. The summed E-state index contributed by atoms with van der Waals surface area (Å²) in [4.78, 5) is 13.0. The fourth-order valence-corrected chi connectivity index (χ4v) is 3.08. The molecule has 3 aromatic rings. The molecule has 0 atom stereocenters. The summed E-state index contributed by atoms with van der Waals surface area (Å²) in [5.41, 5.74) is 5.03. The highest BCUT2D eigenvalue weighted by Gasteiger charge is 2.12. The van der Waals surface area contributed by atoms with Crippen molar-refractivity contribution in [1.82, 2.24) is 4.57 Å².